The third-order valence-electron chi connectivity index (χ3n) is 3.90. The molecule has 0 aliphatic heterocycles. The highest BCUT2D eigenvalue weighted by molar-refractivity contribution is 6.07. The van der Waals surface area contributed by atoms with Gasteiger partial charge in [0.25, 0.3) is 11.8 Å². The molecule has 126 valence electrons. The summed E-state index contributed by atoms with van der Waals surface area (Å²) in [4.78, 5) is 25.9. The van der Waals surface area contributed by atoms with Gasteiger partial charge in [-0.1, -0.05) is 36.4 Å². The van der Waals surface area contributed by atoms with Crippen molar-refractivity contribution in [1.29, 1.82) is 0 Å². The topological polar surface area (TPSA) is 78.1 Å². The van der Waals surface area contributed by atoms with Crippen LogP contribution in [-0.4, -0.2) is 36.1 Å². The van der Waals surface area contributed by atoms with Crippen LogP contribution in [0, 0.1) is 0 Å². The monoisotopic (exact) mass is 334 g/mol. The van der Waals surface area contributed by atoms with E-state index in [-0.39, 0.29) is 11.8 Å². The first-order valence-electron chi connectivity index (χ1n) is 7.81. The molecule has 6 nitrogen and oxygen atoms in total. The van der Waals surface area contributed by atoms with E-state index in [1.807, 2.05) is 36.4 Å². The lowest BCUT2D eigenvalue weighted by Crippen LogP contribution is -2.27. The van der Waals surface area contributed by atoms with Gasteiger partial charge >= 0.3 is 0 Å². The molecule has 2 aromatic carbocycles. The van der Waals surface area contributed by atoms with E-state index in [4.69, 9.17) is 0 Å². The summed E-state index contributed by atoms with van der Waals surface area (Å²) in [6, 6.07) is 18.2. The highest BCUT2D eigenvalue weighted by Crippen LogP contribution is 2.22. The molecule has 1 heterocycles. The van der Waals surface area contributed by atoms with Gasteiger partial charge in [0.15, 0.2) is 5.82 Å². The third kappa shape index (κ3) is 3.42. The van der Waals surface area contributed by atoms with E-state index in [0.29, 0.717) is 16.9 Å². The summed E-state index contributed by atoms with van der Waals surface area (Å²) in [6.45, 7) is 0. The van der Waals surface area contributed by atoms with Crippen LogP contribution in [0.15, 0.2) is 60.7 Å². The molecule has 2 N–H and O–H groups in total. The van der Waals surface area contributed by atoms with Crippen LogP contribution < -0.4 is 10.2 Å². The zero-order valence-electron chi connectivity index (χ0n) is 14.0. The molecular weight excluding hydrogens is 316 g/mol. The molecule has 0 unspecified atom stereocenters. The second-order valence-corrected chi connectivity index (χ2v) is 5.53. The molecule has 0 atom stereocenters. The number of H-pyrrole nitrogens is 1. The normalized spacial score (nSPS) is 10.3. The molecular formula is C19H18N4O2. The van der Waals surface area contributed by atoms with Crippen molar-refractivity contribution >= 4 is 17.6 Å². The second-order valence-electron chi connectivity index (χ2n) is 5.53. The summed E-state index contributed by atoms with van der Waals surface area (Å²) in [5.41, 5.74) is 2.68. The summed E-state index contributed by atoms with van der Waals surface area (Å²) in [5, 5.41) is 9.70. The third-order valence-corrected chi connectivity index (χ3v) is 3.90. The minimum absolute atomic E-state index is 0.233. The zero-order valence-corrected chi connectivity index (χ0v) is 14.0. The predicted octanol–water partition coefficient (Wildman–Crippen LogP) is 2.71. The molecule has 3 rings (SSSR count). The molecule has 0 saturated heterocycles. The summed E-state index contributed by atoms with van der Waals surface area (Å²) < 4.78 is 0. The SMILES string of the molecule is CNC(=O)c1cccc(C(=O)N(C)c2cc(-c3ccccc3)[nH]n2)c1. The lowest BCUT2D eigenvalue weighted by molar-refractivity contribution is 0.0963. The number of carbonyl (C=O) groups excluding carboxylic acids is 2. The van der Waals surface area contributed by atoms with Crippen LogP contribution >= 0.6 is 0 Å². The largest absolute Gasteiger partial charge is 0.355 e. The number of nitrogens with zero attached hydrogens (tertiary/aromatic N) is 2. The fourth-order valence-electron chi connectivity index (χ4n) is 2.48. The first kappa shape index (κ1) is 16.4. The Kier molecular flexibility index (Phi) is 4.61. The molecule has 0 bridgehead atoms. The lowest BCUT2D eigenvalue weighted by Gasteiger charge is -2.14. The van der Waals surface area contributed by atoms with Crippen molar-refractivity contribution in [2.45, 2.75) is 0 Å². The Hall–Kier alpha value is -3.41. The van der Waals surface area contributed by atoms with Gasteiger partial charge in [-0.3, -0.25) is 19.6 Å². The van der Waals surface area contributed by atoms with Crippen molar-refractivity contribution in [3.63, 3.8) is 0 Å². The number of hydrogen-bond acceptors (Lipinski definition) is 3. The van der Waals surface area contributed by atoms with Gasteiger partial charge in [-0.05, 0) is 23.8 Å². The van der Waals surface area contributed by atoms with Crippen LogP contribution in [0.3, 0.4) is 0 Å². The molecule has 25 heavy (non-hydrogen) atoms. The molecule has 0 saturated carbocycles. The molecule has 0 aliphatic rings. The lowest BCUT2D eigenvalue weighted by atomic mass is 10.1. The number of benzene rings is 2. The first-order valence-corrected chi connectivity index (χ1v) is 7.81. The number of carbonyl (C=O) groups is 2. The quantitative estimate of drug-likeness (QED) is 0.770. The number of amides is 2. The van der Waals surface area contributed by atoms with Crippen LogP contribution in [0.1, 0.15) is 20.7 Å². The Labute approximate surface area is 145 Å². The number of rotatable bonds is 4. The molecule has 2 amide bonds. The van der Waals surface area contributed by atoms with Gasteiger partial charge in [0.05, 0.1) is 5.69 Å². The van der Waals surface area contributed by atoms with Crippen molar-refractivity contribution in [2.24, 2.45) is 0 Å². The fourth-order valence-corrected chi connectivity index (χ4v) is 2.48. The van der Waals surface area contributed by atoms with Crippen LogP contribution in [0.2, 0.25) is 0 Å². The van der Waals surface area contributed by atoms with E-state index >= 15 is 0 Å². The molecule has 0 spiro atoms. The van der Waals surface area contributed by atoms with Gasteiger partial charge in [0.2, 0.25) is 0 Å². The fraction of sp³-hybridized carbons (Fsp3) is 0.105. The van der Waals surface area contributed by atoms with Crippen LogP contribution in [0.25, 0.3) is 11.3 Å². The molecule has 3 aromatic rings. The van der Waals surface area contributed by atoms with Crippen molar-refractivity contribution in [3.05, 3.63) is 71.8 Å². The average Bonchev–Trinajstić information content (AvgIpc) is 3.17. The number of hydrogen-bond donors (Lipinski definition) is 2. The van der Waals surface area contributed by atoms with E-state index in [0.717, 1.165) is 11.3 Å². The first-order chi connectivity index (χ1) is 12.1. The number of anilines is 1. The van der Waals surface area contributed by atoms with Crippen molar-refractivity contribution < 1.29 is 9.59 Å². The number of aromatic amines is 1. The Morgan fingerprint density at radius 1 is 1.00 bits per heavy atom. The van der Waals surface area contributed by atoms with E-state index in [9.17, 15) is 9.59 Å². The van der Waals surface area contributed by atoms with E-state index < -0.39 is 0 Å². The van der Waals surface area contributed by atoms with Gasteiger partial charge in [-0.2, -0.15) is 5.10 Å². The highest BCUT2D eigenvalue weighted by Gasteiger charge is 2.17. The Bertz CT molecular complexity index is 903. The summed E-state index contributed by atoms with van der Waals surface area (Å²) in [7, 11) is 3.21. The van der Waals surface area contributed by atoms with E-state index in [1.165, 1.54) is 4.90 Å². The number of nitrogens with one attached hydrogen (secondary N) is 2. The molecule has 0 aliphatic carbocycles. The number of aromatic nitrogens is 2. The maximum Gasteiger partial charge on any atom is 0.259 e. The average molecular weight is 334 g/mol. The van der Waals surface area contributed by atoms with Gasteiger partial charge < -0.3 is 5.32 Å². The smallest absolute Gasteiger partial charge is 0.259 e. The molecule has 1 aromatic heterocycles. The molecule has 0 radical (unpaired) electrons. The second kappa shape index (κ2) is 7.00. The van der Waals surface area contributed by atoms with Crippen LogP contribution in [0.5, 0.6) is 0 Å². The van der Waals surface area contributed by atoms with Gasteiger partial charge in [0, 0.05) is 31.3 Å². The van der Waals surface area contributed by atoms with E-state index in [2.05, 4.69) is 15.5 Å². The van der Waals surface area contributed by atoms with Gasteiger partial charge in [0.1, 0.15) is 0 Å². The summed E-state index contributed by atoms with van der Waals surface area (Å²) in [6.07, 6.45) is 0. The van der Waals surface area contributed by atoms with Crippen molar-refractivity contribution in [1.82, 2.24) is 15.5 Å². The highest BCUT2D eigenvalue weighted by atomic mass is 16.2. The van der Waals surface area contributed by atoms with Gasteiger partial charge in [-0.15, -0.1) is 0 Å². The summed E-state index contributed by atoms with van der Waals surface area (Å²) >= 11 is 0. The summed E-state index contributed by atoms with van der Waals surface area (Å²) in [5.74, 6) is 0.0366. The van der Waals surface area contributed by atoms with Crippen LogP contribution in [0.4, 0.5) is 5.82 Å². The standard InChI is InChI=1S/C19H18N4O2/c1-20-18(24)14-9-6-10-15(11-14)19(25)23(2)17-12-16(21-22-17)13-7-4-3-5-8-13/h3-12H,1-2H3,(H,20,24)(H,21,22). The zero-order chi connectivity index (χ0) is 17.8. The Balaban J connectivity index is 1.84. The van der Waals surface area contributed by atoms with E-state index in [1.54, 1.807) is 38.4 Å². The molecule has 6 heteroatoms. The minimum atomic E-state index is -0.239. The predicted molar refractivity (Wildman–Crippen MR) is 96.6 cm³/mol. The minimum Gasteiger partial charge on any atom is -0.355 e. The van der Waals surface area contributed by atoms with Crippen LogP contribution in [-0.2, 0) is 0 Å². The van der Waals surface area contributed by atoms with Gasteiger partial charge in [-0.25, -0.2) is 0 Å². The van der Waals surface area contributed by atoms with Crippen molar-refractivity contribution in [2.75, 3.05) is 19.0 Å². The maximum absolute atomic E-state index is 12.7. The Morgan fingerprint density at radius 3 is 2.44 bits per heavy atom. The molecule has 0 fully saturated rings. The van der Waals surface area contributed by atoms with Crippen molar-refractivity contribution in [3.8, 4) is 11.3 Å². The maximum atomic E-state index is 12.7. The Morgan fingerprint density at radius 2 is 1.72 bits per heavy atom.